The highest BCUT2D eigenvalue weighted by Gasteiger charge is 2.15. The maximum atomic E-state index is 14.0. The Labute approximate surface area is 141 Å². The lowest BCUT2D eigenvalue weighted by atomic mass is 10.1. The van der Waals surface area contributed by atoms with Gasteiger partial charge in [0.25, 0.3) is 5.95 Å². The van der Waals surface area contributed by atoms with Crippen LogP contribution in [0.1, 0.15) is 11.3 Å². The molecule has 5 nitrogen and oxygen atoms in total. The summed E-state index contributed by atoms with van der Waals surface area (Å²) in [5, 5.41) is 5.36. The summed E-state index contributed by atoms with van der Waals surface area (Å²) in [4.78, 5) is 7.91. The maximum absolute atomic E-state index is 14.0. The second kappa shape index (κ2) is 5.94. The van der Waals surface area contributed by atoms with Gasteiger partial charge in [0, 0.05) is 11.8 Å². The molecule has 2 aromatic carbocycles. The smallest absolute Gasteiger partial charge is 0.253 e. The van der Waals surface area contributed by atoms with Crippen molar-refractivity contribution in [2.24, 2.45) is 0 Å². The first-order valence-electron chi connectivity index (χ1n) is 7.62. The van der Waals surface area contributed by atoms with Crippen LogP contribution in [0.15, 0.2) is 54.7 Å². The number of rotatable bonds is 3. The van der Waals surface area contributed by atoms with Gasteiger partial charge in [-0.2, -0.15) is 14.8 Å². The first-order chi connectivity index (χ1) is 12.1. The van der Waals surface area contributed by atoms with Gasteiger partial charge in [-0.3, -0.25) is 0 Å². The van der Waals surface area contributed by atoms with Gasteiger partial charge in [-0.05, 0) is 17.7 Å². The van der Waals surface area contributed by atoms with Crippen LogP contribution in [0.4, 0.5) is 14.6 Å². The molecule has 0 saturated carbocycles. The van der Waals surface area contributed by atoms with E-state index in [-0.39, 0.29) is 17.6 Å². The van der Waals surface area contributed by atoms with E-state index in [2.05, 4.69) is 15.1 Å². The first kappa shape index (κ1) is 15.2. The lowest BCUT2D eigenvalue weighted by Gasteiger charge is -2.02. The molecule has 2 aromatic heterocycles. The van der Waals surface area contributed by atoms with E-state index in [1.165, 1.54) is 10.7 Å². The van der Waals surface area contributed by atoms with Gasteiger partial charge in [-0.15, -0.1) is 0 Å². The van der Waals surface area contributed by atoms with E-state index >= 15 is 0 Å². The number of nitrogens with zero attached hydrogens (tertiary/aromatic N) is 4. The molecule has 2 N–H and O–H groups in total. The fourth-order valence-electron chi connectivity index (χ4n) is 2.71. The van der Waals surface area contributed by atoms with Gasteiger partial charge in [-0.1, -0.05) is 36.4 Å². The van der Waals surface area contributed by atoms with E-state index in [1.807, 2.05) is 24.3 Å². The van der Waals surface area contributed by atoms with Gasteiger partial charge in [0.2, 0.25) is 0 Å². The zero-order chi connectivity index (χ0) is 17.4. The minimum Gasteiger partial charge on any atom is -0.381 e. The summed E-state index contributed by atoms with van der Waals surface area (Å²) >= 11 is 0. The molecule has 2 heterocycles. The number of nitrogen functional groups attached to an aromatic ring is 1. The van der Waals surface area contributed by atoms with Crippen LogP contribution in [0.5, 0.6) is 0 Å². The van der Waals surface area contributed by atoms with Crippen molar-refractivity contribution >= 4 is 16.7 Å². The fourth-order valence-corrected chi connectivity index (χ4v) is 2.71. The molecule has 0 atom stereocenters. The number of fused-ring (bicyclic) bond motifs is 1. The van der Waals surface area contributed by atoms with E-state index in [1.54, 1.807) is 18.2 Å². The maximum Gasteiger partial charge on any atom is 0.253 e. The summed E-state index contributed by atoms with van der Waals surface area (Å²) in [5.74, 6) is -1.06. The van der Waals surface area contributed by atoms with Crippen molar-refractivity contribution in [1.82, 2.24) is 19.7 Å². The summed E-state index contributed by atoms with van der Waals surface area (Å²) < 4.78 is 28.8. The number of hydrogen-bond donors (Lipinski definition) is 1. The molecule has 0 fully saturated rings. The van der Waals surface area contributed by atoms with Crippen molar-refractivity contribution in [2.75, 3.05) is 5.73 Å². The summed E-state index contributed by atoms with van der Waals surface area (Å²) in [6.07, 6.45) is 1.32. The van der Waals surface area contributed by atoms with Crippen LogP contribution < -0.4 is 5.73 Å². The Morgan fingerprint density at radius 2 is 1.72 bits per heavy atom. The molecule has 0 aliphatic rings. The molecule has 25 heavy (non-hydrogen) atoms. The molecule has 0 unspecified atom stereocenters. The Hall–Kier alpha value is -3.35. The fraction of sp³-hybridized carbons (Fsp3) is 0.0556. The number of hydrogen-bond acceptors (Lipinski definition) is 4. The minimum atomic E-state index is -0.688. The van der Waals surface area contributed by atoms with E-state index in [9.17, 15) is 8.78 Å². The number of benzene rings is 2. The van der Waals surface area contributed by atoms with Crippen LogP contribution in [-0.4, -0.2) is 19.7 Å². The third-order valence-corrected chi connectivity index (χ3v) is 3.93. The zero-order valence-electron chi connectivity index (χ0n) is 13.0. The van der Waals surface area contributed by atoms with Gasteiger partial charge in [-0.25, -0.2) is 13.8 Å². The Morgan fingerprint density at radius 1 is 0.960 bits per heavy atom. The molecule has 0 bridgehead atoms. The van der Waals surface area contributed by atoms with E-state index in [0.29, 0.717) is 17.7 Å². The van der Waals surface area contributed by atoms with Gasteiger partial charge in [0.15, 0.2) is 11.6 Å². The van der Waals surface area contributed by atoms with Crippen LogP contribution in [0.25, 0.3) is 16.9 Å². The Morgan fingerprint density at radius 3 is 2.52 bits per heavy atom. The molecular weight excluding hydrogens is 324 g/mol. The van der Waals surface area contributed by atoms with Gasteiger partial charge in [0.05, 0.1) is 17.4 Å². The SMILES string of the molecule is Nc1nc(-n2nc(Cc3ccccc3F)c3ccccc32)ncc1F. The van der Waals surface area contributed by atoms with Crippen molar-refractivity contribution in [3.05, 3.63) is 77.6 Å². The second-order valence-corrected chi connectivity index (χ2v) is 5.55. The molecule has 0 saturated heterocycles. The molecule has 0 aliphatic heterocycles. The molecule has 0 amide bonds. The van der Waals surface area contributed by atoms with Crippen molar-refractivity contribution in [1.29, 1.82) is 0 Å². The lowest BCUT2D eigenvalue weighted by Crippen LogP contribution is -2.07. The summed E-state index contributed by atoms with van der Waals surface area (Å²) in [6, 6.07) is 14.0. The molecule has 0 radical (unpaired) electrons. The van der Waals surface area contributed by atoms with Crippen LogP contribution in [0.2, 0.25) is 0 Å². The molecular formula is C18H13F2N5. The van der Waals surface area contributed by atoms with Crippen LogP contribution in [0.3, 0.4) is 0 Å². The first-order valence-corrected chi connectivity index (χ1v) is 7.62. The van der Waals surface area contributed by atoms with Crippen LogP contribution in [-0.2, 0) is 6.42 Å². The quantitative estimate of drug-likeness (QED) is 0.623. The third kappa shape index (κ3) is 2.69. The van der Waals surface area contributed by atoms with E-state index in [0.717, 1.165) is 17.1 Å². The molecule has 124 valence electrons. The average molecular weight is 337 g/mol. The molecule has 0 aliphatic carbocycles. The Bertz CT molecular complexity index is 1070. The highest BCUT2D eigenvalue weighted by Crippen LogP contribution is 2.24. The normalized spacial score (nSPS) is 11.1. The number of halogens is 2. The summed E-state index contributed by atoms with van der Waals surface area (Å²) in [7, 11) is 0. The monoisotopic (exact) mass is 337 g/mol. The number of nitrogens with two attached hydrogens (primary N) is 1. The topological polar surface area (TPSA) is 69.6 Å². The predicted octanol–water partition coefficient (Wildman–Crippen LogP) is 3.27. The Kier molecular flexibility index (Phi) is 3.61. The average Bonchev–Trinajstić information content (AvgIpc) is 2.98. The minimum absolute atomic E-state index is 0.162. The highest BCUT2D eigenvalue weighted by atomic mass is 19.1. The molecule has 7 heteroatoms. The highest BCUT2D eigenvalue weighted by molar-refractivity contribution is 5.83. The number of aromatic nitrogens is 4. The standard InChI is InChI=1S/C18H13F2N5/c19-13-7-3-1-5-11(13)9-15-12-6-2-4-8-16(12)25(24-15)18-22-10-14(20)17(21)23-18/h1-8,10H,9H2,(H2,21,22,23). The lowest BCUT2D eigenvalue weighted by molar-refractivity contribution is 0.611. The number of anilines is 1. The van der Waals surface area contributed by atoms with E-state index in [4.69, 9.17) is 5.73 Å². The van der Waals surface area contributed by atoms with E-state index < -0.39 is 5.82 Å². The Balaban J connectivity index is 1.87. The molecule has 0 spiro atoms. The van der Waals surface area contributed by atoms with Crippen molar-refractivity contribution in [3.8, 4) is 5.95 Å². The second-order valence-electron chi connectivity index (χ2n) is 5.55. The van der Waals surface area contributed by atoms with Crippen LogP contribution >= 0.6 is 0 Å². The summed E-state index contributed by atoms with van der Waals surface area (Å²) in [6.45, 7) is 0. The van der Waals surface area contributed by atoms with Crippen molar-refractivity contribution < 1.29 is 8.78 Å². The van der Waals surface area contributed by atoms with Crippen molar-refractivity contribution in [2.45, 2.75) is 6.42 Å². The van der Waals surface area contributed by atoms with Gasteiger partial charge in [0.1, 0.15) is 5.82 Å². The largest absolute Gasteiger partial charge is 0.381 e. The van der Waals surface area contributed by atoms with Gasteiger partial charge >= 0.3 is 0 Å². The molecule has 4 aromatic rings. The molecule has 4 rings (SSSR count). The summed E-state index contributed by atoms with van der Waals surface area (Å²) in [5.41, 5.74) is 7.48. The van der Waals surface area contributed by atoms with Crippen molar-refractivity contribution in [3.63, 3.8) is 0 Å². The number of para-hydroxylation sites is 1. The zero-order valence-corrected chi connectivity index (χ0v) is 13.0. The van der Waals surface area contributed by atoms with Gasteiger partial charge < -0.3 is 5.73 Å². The van der Waals surface area contributed by atoms with Crippen LogP contribution in [0, 0.1) is 11.6 Å². The predicted molar refractivity (Wildman–Crippen MR) is 90.2 cm³/mol. The third-order valence-electron chi connectivity index (χ3n) is 3.93.